The van der Waals surface area contributed by atoms with Crippen LogP contribution in [0.15, 0.2) is 65.8 Å². The molecule has 7 heteroatoms. The molecule has 0 N–H and O–H groups in total. The van der Waals surface area contributed by atoms with Crippen molar-refractivity contribution in [3.8, 4) is 11.5 Å². The normalized spacial score (nSPS) is 13.2. The topological polar surface area (TPSA) is 69.1 Å². The van der Waals surface area contributed by atoms with Gasteiger partial charge in [-0.15, -0.1) is 10.2 Å². The predicted octanol–water partition coefficient (Wildman–Crippen LogP) is 5.39. The molecule has 2 aromatic carbocycles. The number of hydrogen-bond acceptors (Lipinski definition) is 6. The van der Waals surface area contributed by atoms with Crippen LogP contribution in [0.4, 0.5) is 0 Å². The highest BCUT2D eigenvalue weighted by atomic mass is 79.9. The van der Waals surface area contributed by atoms with E-state index >= 15 is 0 Å². The Morgan fingerprint density at radius 3 is 2.71 bits per heavy atom. The average molecular weight is 455 g/mol. The molecule has 28 heavy (non-hydrogen) atoms. The van der Waals surface area contributed by atoms with Gasteiger partial charge in [0.25, 0.3) is 5.22 Å². The lowest BCUT2D eigenvalue weighted by atomic mass is 10.0. The number of fused-ring (bicyclic) bond motifs is 2. The van der Waals surface area contributed by atoms with Crippen molar-refractivity contribution < 1.29 is 8.83 Å². The first kappa shape index (κ1) is 17.7. The summed E-state index contributed by atoms with van der Waals surface area (Å²) in [4.78, 5) is 12.0. The lowest BCUT2D eigenvalue weighted by Gasteiger charge is -2.07. The van der Waals surface area contributed by atoms with Gasteiger partial charge in [0.1, 0.15) is 5.58 Å². The van der Waals surface area contributed by atoms with Gasteiger partial charge in [0.05, 0.1) is 5.56 Å². The Hall–Kier alpha value is -2.38. The fourth-order valence-corrected chi connectivity index (χ4v) is 4.77. The highest BCUT2D eigenvalue weighted by Gasteiger charge is 2.16. The van der Waals surface area contributed by atoms with Crippen LogP contribution in [0, 0.1) is 0 Å². The highest BCUT2D eigenvalue weighted by molar-refractivity contribution is 9.10. The van der Waals surface area contributed by atoms with Crippen molar-refractivity contribution >= 4 is 38.7 Å². The van der Waals surface area contributed by atoms with Crippen LogP contribution in [0.2, 0.25) is 0 Å². The van der Waals surface area contributed by atoms with Crippen molar-refractivity contribution in [1.29, 1.82) is 0 Å². The van der Waals surface area contributed by atoms with Gasteiger partial charge in [0.15, 0.2) is 0 Å². The Morgan fingerprint density at radius 2 is 1.86 bits per heavy atom. The summed E-state index contributed by atoms with van der Waals surface area (Å²) in [7, 11) is 0. The van der Waals surface area contributed by atoms with E-state index < -0.39 is 0 Å². The largest absolute Gasteiger partial charge is 0.423 e. The van der Waals surface area contributed by atoms with Gasteiger partial charge in [-0.25, -0.2) is 4.79 Å². The summed E-state index contributed by atoms with van der Waals surface area (Å²) in [5.74, 6) is 1.02. The number of aromatic nitrogens is 2. The zero-order chi connectivity index (χ0) is 19.1. The molecule has 1 aliphatic rings. The zero-order valence-electron chi connectivity index (χ0n) is 14.8. The van der Waals surface area contributed by atoms with E-state index in [-0.39, 0.29) is 5.63 Å². The van der Waals surface area contributed by atoms with Crippen LogP contribution in [0.5, 0.6) is 0 Å². The fraction of sp³-hybridized carbons (Fsp3) is 0.190. The Kier molecular flexibility index (Phi) is 4.56. The second-order valence-electron chi connectivity index (χ2n) is 6.70. The van der Waals surface area contributed by atoms with Gasteiger partial charge in [-0.1, -0.05) is 23.9 Å². The van der Waals surface area contributed by atoms with Gasteiger partial charge in [0.2, 0.25) is 5.89 Å². The Labute approximate surface area is 173 Å². The van der Waals surface area contributed by atoms with Crippen molar-refractivity contribution in [2.75, 3.05) is 0 Å². The summed E-state index contributed by atoms with van der Waals surface area (Å²) >= 11 is 4.91. The maximum Gasteiger partial charge on any atom is 0.336 e. The average Bonchev–Trinajstić information content (AvgIpc) is 3.34. The van der Waals surface area contributed by atoms with Crippen LogP contribution >= 0.6 is 27.7 Å². The molecule has 4 aromatic rings. The molecule has 140 valence electrons. The van der Waals surface area contributed by atoms with Gasteiger partial charge < -0.3 is 8.83 Å². The van der Waals surface area contributed by atoms with Gasteiger partial charge in [-0.05, 0) is 76.1 Å². The van der Waals surface area contributed by atoms with Gasteiger partial charge in [0, 0.05) is 21.7 Å². The monoisotopic (exact) mass is 454 g/mol. The number of nitrogens with zero attached hydrogens (tertiary/aromatic N) is 2. The van der Waals surface area contributed by atoms with Crippen LogP contribution in [-0.4, -0.2) is 10.2 Å². The van der Waals surface area contributed by atoms with E-state index in [1.165, 1.54) is 22.9 Å². The molecule has 0 aliphatic heterocycles. The molecule has 0 radical (unpaired) electrons. The molecule has 0 fully saturated rings. The molecule has 0 spiro atoms. The minimum Gasteiger partial charge on any atom is -0.423 e. The van der Waals surface area contributed by atoms with E-state index in [4.69, 9.17) is 8.83 Å². The lowest BCUT2D eigenvalue weighted by molar-refractivity contribution is 0.465. The third-order valence-electron chi connectivity index (χ3n) is 4.90. The van der Waals surface area contributed by atoms with E-state index in [2.05, 4.69) is 32.2 Å². The van der Waals surface area contributed by atoms with Crippen LogP contribution in [-0.2, 0) is 18.6 Å². The summed E-state index contributed by atoms with van der Waals surface area (Å²) in [5, 5.41) is 9.72. The molecule has 5 rings (SSSR count). The lowest BCUT2D eigenvalue weighted by Crippen LogP contribution is -2.01. The highest BCUT2D eigenvalue weighted by Crippen LogP contribution is 2.33. The number of thioether (sulfide) groups is 1. The van der Waals surface area contributed by atoms with E-state index in [0.717, 1.165) is 40.2 Å². The molecule has 0 saturated carbocycles. The van der Waals surface area contributed by atoms with Crippen LogP contribution in [0.25, 0.3) is 22.4 Å². The van der Waals surface area contributed by atoms with Crippen molar-refractivity contribution in [2.24, 2.45) is 0 Å². The summed E-state index contributed by atoms with van der Waals surface area (Å²) in [6.07, 6.45) is 3.28. The fourth-order valence-electron chi connectivity index (χ4n) is 3.57. The number of halogens is 1. The summed E-state index contributed by atoms with van der Waals surface area (Å²) < 4.78 is 12.1. The van der Waals surface area contributed by atoms with Gasteiger partial charge in [-0.2, -0.15) is 0 Å². The summed E-state index contributed by atoms with van der Waals surface area (Å²) in [6.45, 7) is 0. The SMILES string of the molecule is O=c1cc(CSc2nnc(-c3ccccc3Br)o2)c2cc3c(cc2o1)CCC3. The smallest absolute Gasteiger partial charge is 0.336 e. The molecule has 0 bridgehead atoms. The van der Waals surface area contributed by atoms with E-state index in [9.17, 15) is 4.79 Å². The summed E-state index contributed by atoms with van der Waals surface area (Å²) in [6, 6.07) is 13.4. The van der Waals surface area contributed by atoms with Crippen molar-refractivity contribution in [2.45, 2.75) is 30.2 Å². The van der Waals surface area contributed by atoms with Gasteiger partial charge in [-0.3, -0.25) is 0 Å². The standard InChI is InChI=1S/C21H15BrN2O3S/c22-17-7-2-1-6-15(17)20-23-24-21(27-20)28-11-14-10-19(25)26-18-9-13-5-3-4-12(13)8-16(14)18/h1-2,6-10H,3-5,11H2. The molecular formula is C21H15BrN2O3S. The number of benzene rings is 2. The first-order valence-corrected chi connectivity index (χ1v) is 10.7. The van der Waals surface area contributed by atoms with E-state index in [1.54, 1.807) is 6.07 Å². The Balaban J connectivity index is 1.44. The molecular weight excluding hydrogens is 440 g/mol. The molecule has 0 unspecified atom stereocenters. The first-order valence-electron chi connectivity index (χ1n) is 8.97. The molecule has 2 aromatic heterocycles. The molecule has 0 amide bonds. The van der Waals surface area contributed by atoms with Crippen LogP contribution in [0.3, 0.4) is 0 Å². The van der Waals surface area contributed by atoms with Crippen molar-refractivity contribution in [3.63, 3.8) is 0 Å². The quantitative estimate of drug-likeness (QED) is 0.304. The minimum atomic E-state index is -0.333. The number of aryl methyl sites for hydroxylation is 2. The molecule has 5 nitrogen and oxygen atoms in total. The molecule has 2 heterocycles. The third-order valence-corrected chi connectivity index (χ3v) is 6.46. The molecule has 0 saturated heterocycles. The van der Waals surface area contributed by atoms with Crippen LogP contribution < -0.4 is 5.63 Å². The predicted molar refractivity (Wildman–Crippen MR) is 112 cm³/mol. The number of hydrogen-bond donors (Lipinski definition) is 0. The van der Waals surface area contributed by atoms with Crippen molar-refractivity contribution in [3.05, 3.63) is 74.0 Å². The molecule has 1 aliphatic carbocycles. The second-order valence-corrected chi connectivity index (χ2v) is 8.48. The maximum absolute atomic E-state index is 12.0. The van der Waals surface area contributed by atoms with Gasteiger partial charge >= 0.3 is 5.63 Å². The first-order chi connectivity index (χ1) is 13.7. The number of rotatable bonds is 4. The van der Waals surface area contributed by atoms with E-state index in [0.29, 0.717) is 22.4 Å². The minimum absolute atomic E-state index is 0.333. The van der Waals surface area contributed by atoms with Crippen molar-refractivity contribution in [1.82, 2.24) is 10.2 Å². The summed E-state index contributed by atoms with van der Waals surface area (Å²) in [5.41, 5.74) is 4.73. The Bertz CT molecular complexity index is 1250. The van der Waals surface area contributed by atoms with E-state index in [1.807, 2.05) is 30.3 Å². The zero-order valence-corrected chi connectivity index (χ0v) is 17.2. The molecule has 0 atom stereocenters. The van der Waals surface area contributed by atoms with Crippen LogP contribution in [0.1, 0.15) is 23.1 Å². The second kappa shape index (κ2) is 7.22. The Morgan fingerprint density at radius 1 is 1.04 bits per heavy atom. The maximum atomic E-state index is 12.0. The third kappa shape index (κ3) is 3.29.